The molecule has 188 valence electrons. The maximum absolute atomic E-state index is 13.1. The van der Waals surface area contributed by atoms with Crippen LogP contribution in [-0.2, 0) is 9.53 Å². The van der Waals surface area contributed by atoms with E-state index in [1.54, 1.807) is 0 Å². The summed E-state index contributed by atoms with van der Waals surface area (Å²) < 4.78 is 6.30. The lowest BCUT2D eigenvalue weighted by molar-refractivity contribution is -0.182. The van der Waals surface area contributed by atoms with Crippen LogP contribution in [0.2, 0.25) is 0 Å². The van der Waals surface area contributed by atoms with Crippen LogP contribution in [0.15, 0.2) is 0 Å². The van der Waals surface area contributed by atoms with Crippen molar-refractivity contribution in [2.24, 2.45) is 46.3 Å². The minimum absolute atomic E-state index is 0.187. The Morgan fingerprint density at radius 3 is 2.36 bits per heavy atom. The first kappa shape index (κ1) is 24.1. The number of likely N-dealkylation sites (tertiary alicyclic amines) is 1. The smallest absolute Gasteiger partial charge is 0.251 e. The predicted octanol–water partition coefficient (Wildman–Crippen LogP) is 7.09. The Bertz CT molecular complexity index is 731. The lowest BCUT2D eigenvalue weighted by Gasteiger charge is -2.62. The topological polar surface area (TPSA) is 29.5 Å². The summed E-state index contributed by atoms with van der Waals surface area (Å²) in [5.74, 6) is 5.42. The monoisotopic (exact) mass is 457 g/mol. The Hall–Kier alpha value is -0.570. The molecule has 1 heterocycles. The number of piperidine rings is 1. The average Bonchev–Trinajstić information content (AvgIpc) is 3.49. The second-order valence-electron chi connectivity index (χ2n) is 14.0. The molecule has 1 aliphatic heterocycles. The largest absolute Gasteiger partial charge is 0.365 e. The Labute approximate surface area is 203 Å². The van der Waals surface area contributed by atoms with E-state index in [0.29, 0.717) is 17.6 Å². The molecule has 3 heteroatoms. The van der Waals surface area contributed by atoms with Gasteiger partial charge in [0.05, 0.1) is 6.10 Å². The van der Waals surface area contributed by atoms with Crippen molar-refractivity contribution in [3.05, 3.63) is 0 Å². The number of carbonyl (C=O) groups excluding carboxylic acids is 1. The first-order chi connectivity index (χ1) is 15.6. The molecule has 0 aromatic carbocycles. The minimum atomic E-state index is -0.187. The summed E-state index contributed by atoms with van der Waals surface area (Å²) in [4.78, 5) is 15.2. The van der Waals surface area contributed by atoms with Crippen molar-refractivity contribution >= 4 is 5.91 Å². The minimum Gasteiger partial charge on any atom is -0.365 e. The summed E-state index contributed by atoms with van der Waals surface area (Å²) >= 11 is 0. The third kappa shape index (κ3) is 4.11. The van der Waals surface area contributed by atoms with Crippen LogP contribution in [0.4, 0.5) is 0 Å². The third-order valence-electron chi connectivity index (χ3n) is 11.6. The van der Waals surface area contributed by atoms with Gasteiger partial charge in [-0.3, -0.25) is 4.79 Å². The zero-order chi connectivity index (χ0) is 23.5. The highest BCUT2D eigenvalue weighted by molar-refractivity contribution is 5.82. The predicted molar refractivity (Wildman–Crippen MR) is 135 cm³/mol. The molecule has 0 bridgehead atoms. The van der Waals surface area contributed by atoms with Crippen molar-refractivity contribution in [2.45, 2.75) is 130 Å². The second-order valence-corrected chi connectivity index (χ2v) is 14.0. The molecule has 0 radical (unpaired) electrons. The van der Waals surface area contributed by atoms with E-state index in [1.165, 1.54) is 57.8 Å². The number of carbonyl (C=O) groups is 1. The van der Waals surface area contributed by atoms with Gasteiger partial charge >= 0.3 is 0 Å². The quantitative estimate of drug-likeness (QED) is 0.408. The summed E-state index contributed by atoms with van der Waals surface area (Å²) in [6, 6.07) is 0.418. The third-order valence-corrected chi connectivity index (χ3v) is 11.6. The van der Waals surface area contributed by atoms with Crippen LogP contribution < -0.4 is 0 Å². The van der Waals surface area contributed by atoms with Gasteiger partial charge in [-0.2, -0.15) is 0 Å². The molecule has 3 nitrogen and oxygen atoms in total. The van der Waals surface area contributed by atoms with Crippen LogP contribution in [0.1, 0.15) is 112 Å². The first-order valence-corrected chi connectivity index (χ1v) is 14.6. The fourth-order valence-electron chi connectivity index (χ4n) is 9.79. The molecule has 4 aliphatic carbocycles. The molecule has 5 aliphatic rings. The highest BCUT2D eigenvalue weighted by Gasteiger charge is 2.62. The highest BCUT2D eigenvalue weighted by atomic mass is 16.5. The number of nitrogens with zero attached hydrogens (tertiary/aromatic N) is 1. The Kier molecular flexibility index (Phi) is 6.45. The van der Waals surface area contributed by atoms with E-state index >= 15 is 0 Å². The maximum atomic E-state index is 13.1. The van der Waals surface area contributed by atoms with Gasteiger partial charge in [-0.05, 0) is 104 Å². The fourth-order valence-corrected chi connectivity index (χ4v) is 9.79. The van der Waals surface area contributed by atoms with Gasteiger partial charge in [0.2, 0.25) is 0 Å². The van der Waals surface area contributed by atoms with Crippen LogP contribution in [-0.4, -0.2) is 36.1 Å². The van der Waals surface area contributed by atoms with Gasteiger partial charge in [0, 0.05) is 13.1 Å². The van der Waals surface area contributed by atoms with Crippen LogP contribution in [0.25, 0.3) is 0 Å². The number of amides is 1. The first-order valence-electron chi connectivity index (χ1n) is 14.6. The average molecular weight is 458 g/mol. The van der Waals surface area contributed by atoms with E-state index < -0.39 is 0 Å². The Morgan fingerprint density at radius 2 is 1.67 bits per heavy atom. The number of hydrogen-bond acceptors (Lipinski definition) is 2. The Balaban J connectivity index is 1.32. The van der Waals surface area contributed by atoms with E-state index in [4.69, 9.17) is 4.74 Å². The standard InChI is InChI=1S/C30H51NO2/c1-19(2)8-7-9-20(3)23-13-14-24-22-12-15-27-30(5,25(22)16-17-29(23,24)4)18-26(28(32)31(27)6)33-21-10-11-21/h19-27H,7-18H2,1-6H3/t20-,22+,23-,24+,25+,26?,27-,29-,30-/m1/s1. The number of fused-ring (bicyclic) bond motifs is 5. The van der Waals surface area contributed by atoms with Gasteiger partial charge < -0.3 is 9.64 Å². The summed E-state index contributed by atoms with van der Waals surface area (Å²) in [6.45, 7) is 12.5. The lowest BCUT2D eigenvalue weighted by atomic mass is 9.46. The molecule has 0 aromatic rings. The fraction of sp³-hybridized carbons (Fsp3) is 0.967. The van der Waals surface area contributed by atoms with E-state index in [1.807, 2.05) is 0 Å². The van der Waals surface area contributed by atoms with Crippen molar-refractivity contribution < 1.29 is 9.53 Å². The molecular formula is C30H51NO2. The zero-order valence-corrected chi connectivity index (χ0v) is 22.4. The molecule has 4 saturated carbocycles. The van der Waals surface area contributed by atoms with Crippen molar-refractivity contribution in [2.75, 3.05) is 7.05 Å². The Morgan fingerprint density at radius 1 is 0.939 bits per heavy atom. The molecule has 33 heavy (non-hydrogen) atoms. The van der Waals surface area contributed by atoms with E-state index in [-0.39, 0.29) is 17.4 Å². The van der Waals surface area contributed by atoms with Gasteiger partial charge in [0.15, 0.2) is 0 Å². The molecule has 0 spiro atoms. The highest BCUT2D eigenvalue weighted by Crippen LogP contribution is 2.67. The van der Waals surface area contributed by atoms with Gasteiger partial charge in [0.25, 0.3) is 5.91 Å². The number of likely N-dealkylation sites (N-methyl/N-ethyl adjacent to an activating group) is 1. The molecule has 0 aromatic heterocycles. The molecule has 1 unspecified atom stereocenters. The van der Waals surface area contributed by atoms with Crippen LogP contribution >= 0.6 is 0 Å². The summed E-state index contributed by atoms with van der Waals surface area (Å²) in [5, 5.41) is 0. The number of ether oxygens (including phenoxy) is 1. The molecule has 5 rings (SSSR count). The molecule has 0 N–H and O–H groups in total. The van der Waals surface area contributed by atoms with Crippen molar-refractivity contribution in [1.82, 2.24) is 4.90 Å². The molecule has 1 amide bonds. The lowest BCUT2D eigenvalue weighted by Crippen LogP contribution is -2.65. The zero-order valence-electron chi connectivity index (χ0n) is 22.4. The van der Waals surface area contributed by atoms with Gasteiger partial charge in [-0.15, -0.1) is 0 Å². The van der Waals surface area contributed by atoms with Crippen LogP contribution in [0.5, 0.6) is 0 Å². The number of rotatable bonds is 7. The van der Waals surface area contributed by atoms with Crippen LogP contribution in [0, 0.1) is 46.3 Å². The molecule has 1 saturated heterocycles. The van der Waals surface area contributed by atoms with Crippen molar-refractivity contribution in [3.8, 4) is 0 Å². The second kappa shape index (κ2) is 8.82. The molecule has 5 fully saturated rings. The van der Waals surface area contributed by atoms with Gasteiger partial charge in [-0.1, -0.05) is 53.9 Å². The van der Waals surface area contributed by atoms with Crippen LogP contribution in [0.3, 0.4) is 0 Å². The van der Waals surface area contributed by atoms with E-state index in [9.17, 15) is 4.79 Å². The summed E-state index contributed by atoms with van der Waals surface area (Å²) in [7, 11) is 2.07. The molecular weight excluding hydrogens is 406 g/mol. The summed E-state index contributed by atoms with van der Waals surface area (Å²) in [5.41, 5.74) is 0.773. The van der Waals surface area contributed by atoms with E-state index in [2.05, 4.69) is 46.6 Å². The van der Waals surface area contributed by atoms with Crippen molar-refractivity contribution in [1.29, 1.82) is 0 Å². The van der Waals surface area contributed by atoms with Gasteiger partial charge in [-0.25, -0.2) is 0 Å². The maximum Gasteiger partial charge on any atom is 0.251 e. The SMILES string of the molecule is CC(C)CCC[C@@H](C)[C@H]1CC[C@H]2[C@@H]3CC[C@H]4N(C)C(=O)C(OC5CC5)C[C@]4(C)[C@H]3CC[C@]12C. The van der Waals surface area contributed by atoms with Gasteiger partial charge in [0.1, 0.15) is 6.10 Å². The normalized spacial score (nSPS) is 46.2. The van der Waals surface area contributed by atoms with E-state index in [0.717, 1.165) is 54.8 Å². The number of hydrogen-bond donors (Lipinski definition) is 0. The summed E-state index contributed by atoms with van der Waals surface area (Å²) in [6.07, 6.45) is 15.9. The van der Waals surface area contributed by atoms with Crippen molar-refractivity contribution in [3.63, 3.8) is 0 Å². The molecule has 9 atom stereocenters.